The van der Waals surface area contributed by atoms with Gasteiger partial charge in [-0.3, -0.25) is 9.69 Å². The molecule has 2 atom stereocenters. The van der Waals surface area contributed by atoms with Crippen molar-refractivity contribution in [3.63, 3.8) is 0 Å². The lowest BCUT2D eigenvalue weighted by Gasteiger charge is -2.36. The fourth-order valence-corrected chi connectivity index (χ4v) is 3.22. The van der Waals surface area contributed by atoms with Crippen LogP contribution in [-0.4, -0.2) is 53.0 Å². The Balaban J connectivity index is 1.59. The van der Waals surface area contributed by atoms with Gasteiger partial charge < -0.3 is 9.88 Å². The van der Waals surface area contributed by atoms with Gasteiger partial charge in [-0.15, -0.1) is 11.6 Å². The first-order valence-corrected chi connectivity index (χ1v) is 8.20. The van der Waals surface area contributed by atoms with Crippen LogP contribution in [0.25, 0.3) is 0 Å². The number of H-pyrrole nitrogens is 1. The highest BCUT2D eigenvalue weighted by Gasteiger charge is 2.27. The Kier molecular flexibility index (Phi) is 4.82. The van der Waals surface area contributed by atoms with Gasteiger partial charge in [0.15, 0.2) is 0 Å². The predicted molar refractivity (Wildman–Crippen MR) is 89.6 cm³/mol. The summed E-state index contributed by atoms with van der Waals surface area (Å²) < 4.78 is 13.5. The molecule has 0 amide bonds. The molecule has 1 saturated heterocycles. The Labute approximate surface area is 139 Å². The van der Waals surface area contributed by atoms with Crippen molar-refractivity contribution in [1.29, 1.82) is 0 Å². The van der Waals surface area contributed by atoms with Gasteiger partial charge in [0.25, 0.3) is 5.56 Å². The minimum atomic E-state index is -0.285. The molecule has 3 rings (SSSR count). The summed E-state index contributed by atoms with van der Waals surface area (Å²) in [5.41, 5.74) is 0.917. The normalized spacial score (nSPS) is 26.0. The van der Waals surface area contributed by atoms with Crippen molar-refractivity contribution in [2.75, 3.05) is 37.6 Å². The molecule has 23 heavy (non-hydrogen) atoms. The van der Waals surface area contributed by atoms with E-state index in [1.54, 1.807) is 6.08 Å². The van der Waals surface area contributed by atoms with Crippen molar-refractivity contribution in [2.45, 2.75) is 12.3 Å². The predicted octanol–water partition coefficient (Wildman–Crippen LogP) is 1.93. The number of anilines is 1. The van der Waals surface area contributed by atoms with E-state index in [0.717, 1.165) is 38.3 Å². The molecule has 2 aliphatic rings. The molecule has 1 aromatic heterocycles. The Hall–Kier alpha value is -1.66. The molecule has 1 N–H and O–H groups in total. The van der Waals surface area contributed by atoms with Crippen LogP contribution in [0.2, 0.25) is 0 Å². The smallest absolute Gasteiger partial charge is 0.252 e. The standard InChI is InChI=1S/C16H20ClFN4O/c1-11-13(18)3-2-12(16(11)17)9-21-4-6-22(7-5-21)14-8-15(23)20-10-19-14/h2-3,8,10-11,16H,4-7,9H2,1H3,(H,19,20,23). The molecule has 0 saturated carbocycles. The van der Waals surface area contributed by atoms with Crippen LogP contribution in [-0.2, 0) is 0 Å². The van der Waals surface area contributed by atoms with Crippen LogP contribution < -0.4 is 10.5 Å². The van der Waals surface area contributed by atoms with E-state index in [1.165, 1.54) is 18.5 Å². The molecule has 0 radical (unpaired) electrons. The Morgan fingerprint density at radius 2 is 2.09 bits per heavy atom. The van der Waals surface area contributed by atoms with E-state index in [4.69, 9.17) is 11.6 Å². The maximum Gasteiger partial charge on any atom is 0.252 e. The number of allylic oxidation sites excluding steroid dienone is 3. The lowest BCUT2D eigenvalue weighted by molar-refractivity contribution is 0.272. The number of hydrogen-bond acceptors (Lipinski definition) is 4. The quantitative estimate of drug-likeness (QED) is 0.856. The minimum Gasteiger partial charge on any atom is -0.354 e. The molecule has 0 spiro atoms. The van der Waals surface area contributed by atoms with E-state index in [2.05, 4.69) is 19.8 Å². The lowest BCUT2D eigenvalue weighted by Crippen LogP contribution is -2.48. The van der Waals surface area contributed by atoms with E-state index < -0.39 is 0 Å². The van der Waals surface area contributed by atoms with Crippen LogP contribution >= 0.6 is 11.6 Å². The van der Waals surface area contributed by atoms with E-state index in [-0.39, 0.29) is 22.7 Å². The molecule has 1 fully saturated rings. The van der Waals surface area contributed by atoms with E-state index in [1.807, 2.05) is 6.92 Å². The van der Waals surface area contributed by atoms with Crippen LogP contribution in [0.1, 0.15) is 6.92 Å². The summed E-state index contributed by atoms with van der Waals surface area (Å²) in [6.07, 6.45) is 4.75. The topological polar surface area (TPSA) is 52.2 Å². The van der Waals surface area contributed by atoms with Gasteiger partial charge in [0.05, 0.1) is 11.7 Å². The average Bonchev–Trinajstić information content (AvgIpc) is 2.56. The van der Waals surface area contributed by atoms with Crippen molar-refractivity contribution in [1.82, 2.24) is 14.9 Å². The van der Waals surface area contributed by atoms with Crippen molar-refractivity contribution in [2.24, 2.45) is 5.92 Å². The number of halogens is 2. The molecule has 1 aliphatic heterocycles. The zero-order valence-corrected chi connectivity index (χ0v) is 13.8. The van der Waals surface area contributed by atoms with Crippen LogP contribution in [0.3, 0.4) is 0 Å². The first-order chi connectivity index (χ1) is 11.0. The molecule has 0 aromatic carbocycles. The first kappa shape index (κ1) is 16.2. The molecule has 1 aromatic rings. The number of nitrogens with zero attached hydrogens (tertiary/aromatic N) is 3. The summed E-state index contributed by atoms with van der Waals surface area (Å²) in [5.74, 6) is 0.288. The van der Waals surface area contributed by atoms with E-state index in [0.29, 0.717) is 5.82 Å². The van der Waals surface area contributed by atoms with Crippen molar-refractivity contribution in [3.8, 4) is 0 Å². The summed E-state index contributed by atoms with van der Waals surface area (Å²) in [7, 11) is 0. The van der Waals surface area contributed by atoms with Gasteiger partial charge in [-0.1, -0.05) is 13.0 Å². The number of aromatic amines is 1. The molecule has 0 bridgehead atoms. The number of aromatic nitrogens is 2. The summed E-state index contributed by atoms with van der Waals surface area (Å²) >= 11 is 6.35. The lowest BCUT2D eigenvalue weighted by atomic mass is 9.93. The van der Waals surface area contributed by atoms with Gasteiger partial charge in [-0.2, -0.15) is 0 Å². The number of hydrogen-bond donors (Lipinski definition) is 1. The zero-order valence-electron chi connectivity index (χ0n) is 13.0. The first-order valence-electron chi connectivity index (χ1n) is 7.77. The second kappa shape index (κ2) is 6.84. The van der Waals surface area contributed by atoms with Crippen LogP contribution in [0.15, 0.2) is 40.7 Å². The van der Waals surface area contributed by atoms with E-state index in [9.17, 15) is 9.18 Å². The molecular formula is C16H20ClFN4O. The van der Waals surface area contributed by atoms with Gasteiger partial charge in [0, 0.05) is 44.7 Å². The molecule has 5 nitrogen and oxygen atoms in total. The fraction of sp³-hybridized carbons (Fsp3) is 0.500. The Morgan fingerprint density at radius 1 is 1.35 bits per heavy atom. The van der Waals surface area contributed by atoms with Gasteiger partial charge >= 0.3 is 0 Å². The summed E-state index contributed by atoms with van der Waals surface area (Å²) in [6, 6.07) is 1.52. The molecular weight excluding hydrogens is 319 g/mol. The third-order valence-corrected chi connectivity index (χ3v) is 5.11. The van der Waals surface area contributed by atoms with Crippen LogP contribution in [0.5, 0.6) is 0 Å². The maximum atomic E-state index is 13.5. The molecule has 124 valence electrons. The summed E-state index contributed by atoms with van der Waals surface area (Å²) in [4.78, 5) is 22.5. The van der Waals surface area contributed by atoms with E-state index >= 15 is 0 Å². The second-order valence-corrected chi connectivity index (χ2v) is 6.49. The Morgan fingerprint density at radius 3 is 2.78 bits per heavy atom. The highest BCUT2D eigenvalue weighted by Crippen LogP contribution is 2.31. The zero-order chi connectivity index (χ0) is 16.4. The van der Waals surface area contributed by atoms with Gasteiger partial charge in [-0.05, 0) is 11.6 Å². The number of rotatable bonds is 3. The van der Waals surface area contributed by atoms with Crippen LogP contribution in [0.4, 0.5) is 10.2 Å². The number of nitrogens with one attached hydrogen (secondary N) is 1. The van der Waals surface area contributed by atoms with Gasteiger partial charge in [0.1, 0.15) is 11.6 Å². The van der Waals surface area contributed by atoms with Crippen LogP contribution in [0, 0.1) is 5.92 Å². The Bertz CT molecular complexity index is 679. The van der Waals surface area contributed by atoms with Crippen molar-refractivity contribution in [3.05, 3.63) is 46.3 Å². The van der Waals surface area contributed by atoms with Gasteiger partial charge in [-0.25, -0.2) is 9.37 Å². The number of alkyl halides is 1. The van der Waals surface area contributed by atoms with Crippen molar-refractivity contribution >= 4 is 17.4 Å². The SMILES string of the molecule is CC1C(F)=CC=C(CN2CCN(c3cc(=O)[nH]cn3)CC2)C1Cl. The molecule has 2 unspecified atom stereocenters. The third kappa shape index (κ3) is 3.64. The number of piperazine rings is 1. The monoisotopic (exact) mass is 338 g/mol. The van der Waals surface area contributed by atoms with Gasteiger partial charge in [0.2, 0.25) is 0 Å². The minimum absolute atomic E-state index is 0.141. The largest absolute Gasteiger partial charge is 0.354 e. The third-order valence-electron chi connectivity index (χ3n) is 4.45. The molecule has 2 heterocycles. The fourth-order valence-electron chi connectivity index (χ4n) is 2.96. The average molecular weight is 339 g/mol. The summed E-state index contributed by atoms with van der Waals surface area (Å²) in [6.45, 7) is 5.88. The maximum absolute atomic E-state index is 13.5. The highest BCUT2D eigenvalue weighted by atomic mass is 35.5. The molecule has 7 heteroatoms. The summed E-state index contributed by atoms with van der Waals surface area (Å²) in [5, 5.41) is -0.285. The molecule has 1 aliphatic carbocycles. The highest BCUT2D eigenvalue weighted by molar-refractivity contribution is 6.22. The second-order valence-electron chi connectivity index (χ2n) is 6.02. The van der Waals surface area contributed by atoms with Crippen molar-refractivity contribution < 1.29 is 4.39 Å².